The van der Waals surface area contributed by atoms with Crippen molar-refractivity contribution in [2.24, 2.45) is 10.7 Å². The molecule has 54 valence electrons. The minimum Gasteiger partial charge on any atom is -0.312 e. The average Bonchev–Trinajstić information content (AvgIpc) is 2.20. The van der Waals surface area contributed by atoms with Gasteiger partial charge in [-0.15, -0.1) is 0 Å². The van der Waals surface area contributed by atoms with Crippen LogP contribution in [0, 0.1) is 0 Å². The maximum absolute atomic E-state index is 10.7. The van der Waals surface area contributed by atoms with Gasteiger partial charge in [0.1, 0.15) is 5.66 Å². The Balaban J connectivity index is 2.37. The molecular formula is C5H7N3OS. The monoisotopic (exact) mass is 157 g/mol. The number of rotatable bonds is 0. The summed E-state index contributed by atoms with van der Waals surface area (Å²) in [6.07, 6.45) is 0. The molecule has 0 aromatic carbocycles. The molecule has 0 aromatic heterocycles. The second kappa shape index (κ2) is 1.73. The minimum atomic E-state index is -0.609. The molecule has 2 heterocycles. The Morgan fingerprint density at radius 2 is 2.60 bits per heavy atom. The van der Waals surface area contributed by atoms with Gasteiger partial charge in [-0.05, 0) is 0 Å². The Morgan fingerprint density at radius 1 is 1.80 bits per heavy atom. The van der Waals surface area contributed by atoms with Crippen LogP contribution in [0.2, 0.25) is 0 Å². The lowest BCUT2D eigenvalue weighted by Crippen LogP contribution is -2.56. The molecule has 0 aliphatic carbocycles. The predicted octanol–water partition coefficient (Wildman–Crippen LogP) is -0.448. The first kappa shape index (κ1) is 6.18. The van der Waals surface area contributed by atoms with Crippen LogP contribution in [0.4, 0.5) is 4.79 Å². The Hall–Kier alpha value is -0.550. The number of urea groups is 1. The van der Waals surface area contributed by atoms with Crippen LogP contribution in [0.25, 0.3) is 0 Å². The Bertz CT molecular complexity index is 227. The molecule has 1 fully saturated rings. The lowest BCUT2D eigenvalue weighted by molar-refractivity contribution is 0.247. The summed E-state index contributed by atoms with van der Waals surface area (Å²) in [7, 11) is 0. The van der Waals surface area contributed by atoms with Crippen LogP contribution >= 0.6 is 11.8 Å². The van der Waals surface area contributed by atoms with E-state index in [1.54, 1.807) is 11.8 Å². The molecule has 0 unspecified atom stereocenters. The van der Waals surface area contributed by atoms with Crippen LogP contribution in [-0.4, -0.2) is 28.9 Å². The smallest absolute Gasteiger partial charge is 0.312 e. The van der Waals surface area contributed by atoms with Gasteiger partial charge in [0.25, 0.3) is 0 Å². The molecule has 0 spiro atoms. The van der Waals surface area contributed by atoms with Crippen molar-refractivity contribution >= 4 is 23.5 Å². The number of fused-ring (bicyclic) bond motifs is 1. The molecule has 1 saturated heterocycles. The predicted molar refractivity (Wildman–Crippen MR) is 40.2 cm³/mol. The normalized spacial score (nSPS) is 37.3. The fourth-order valence-electron chi connectivity index (χ4n) is 1.10. The average molecular weight is 157 g/mol. The van der Waals surface area contributed by atoms with Gasteiger partial charge in [-0.2, -0.15) is 16.8 Å². The van der Waals surface area contributed by atoms with Gasteiger partial charge in [-0.1, -0.05) is 0 Å². The largest absolute Gasteiger partial charge is 0.342 e. The van der Waals surface area contributed by atoms with Crippen LogP contribution in [0.3, 0.4) is 0 Å². The van der Waals surface area contributed by atoms with Gasteiger partial charge in [0.2, 0.25) is 0 Å². The molecule has 3 N–H and O–H groups in total. The molecule has 0 radical (unpaired) electrons. The van der Waals surface area contributed by atoms with Crippen molar-refractivity contribution in [1.82, 2.24) is 5.32 Å². The Morgan fingerprint density at radius 3 is 3.30 bits per heavy atom. The fourth-order valence-corrected chi connectivity index (χ4v) is 2.28. The van der Waals surface area contributed by atoms with Crippen molar-refractivity contribution in [3.63, 3.8) is 0 Å². The first-order chi connectivity index (χ1) is 4.71. The molecule has 2 amide bonds. The number of aliphatic imine (C=N–C) groups is 1. The third kappa shape index (κ3) is 0.674. The summed E-state index contributed by atoms with van der Waals surface area (Å²) in [5.41, 5.74) is 5.96. The third-order valence-corrected chi connectivity index (χ3v) is 2.79. The maximum Gasteiger partial charge on any atom is 0.342 e. The lowest BCUT2D eigenvalue weighted by Gasteiger charge is -2.16. The molecular weight excluding hydrogens is 150 g/mol. The minimum absolute atomic E-state index is 0.294. The molecule has 2 rings (SSSR count). The van der Waals surface area contributed by atoms with Crippen molar-refractivity contribution < 1.29 is 4.79 Å². The van der Waals surface area contributed by atoms with Crippen LogP contribution in [0.15, 0.2) is 4.99 Å². The first-order valence-corrected chi connectivity index (χ1v) is 4.13. The summed E-state index contributed by atoms with van der Waals surface area (Å²) in [5, 5.41) is 2.61. The molecule has 2 aliphatic rings. The zero-order valence-electron chi connectivity index (χ0n) is 5.26. The summed E-state index contributed by atoms with van der Waals surface area (Å²) in [6.45, 7) is 0. The van der Waals surface area contributed by atoms with E-state index in [4.69, 9.17) is 5.73 Å². The van der Waals surface area contributed by atoms with E-state index in [0.29, 0.717) is 0 Å². The number of carbonyl (C=O) groups excluding carboxylic acids is 1. The van der Waals surface area contributed by atoms with Crippen LogP contribution in [0.5, 0.6) is 0 Å². The first-order valence-electron chi connectivity index (χ1n) is 2.97. The molecule has 2 aliphatic heterocycles. The number of amides is 2. The molecule has 10 heavy (non-hydrogen) atoms. The van der Waals surface area contributed by atoms with Crippen molar-refractivity contribution in [1.29, 1.82) is 0 Å². The zero-order valence-corrected chi connectivity index (χ0v) is 6.07. The Labute approximate surface area is 62.3 Å². The highest BCUT2D eigenvalue weighted by atomic mass is 32.2. The number of hydrogen-bond acceptors (Lipinski definition) is 3. The van der Waals surface area contributed by atoms with E-state index >= 15 is 0 Å². The van der Waals surface area contributed by atoms with Crippen molar-refractivity contribution in [2.45, 2.75) is 5.66 Å². The topological polar surface area (TPSA) is 67.5 Å². The van der Waals surface area contributed by atoms with Gasteiger partial charge in [0.05, 0.1) is 5.71 Å². The fraction of sp³-hybridized carbons (Fsp3) is 0.600. The second-order valence-electron chi connectivity index (χ2n) is 2.45. The van der Waals surface area contributed by atoms with E-state index in [0.717, 1.165) is 17.2 Å². The summed E-state index contributed by atoms with van der Waals surface area (Å²) in [6, 6.07) is -0.294. The van der Waals surface area contributed by atoms with Crippen molar-refractivity contribution in [3.8, 4) is 0 Å². The van der Waals surface area contributed by atoms with Gasteiger partial charge >= 0.3 is 6.03 Å². The van der Waals surface area contributed by atoms with Crippen LogP contribution in [0.1, 0.15) is 0 Å². The lowest BCUT2D eigenvalue weighted by atomic mass is 10.1. The third-order valence-electron chi connectivity index (χ3n) is 1.65. The molecule has 0 saturated carbocycles. The molecule has 0 aromatic rings. The van der Waals surface area contributed by atoms with Crippen molar-refractivity contribution in [2.75, 3.05) is 11.5 Å². The van der Waals surface area contributed by atoms with Gasteiger partial charge in [-0.25, -0.2) is 4.79 Å². The van der Waals surface area contributed by atoms with Gasteiger partial charge in [-0.3, -0.25) is 0 Å². The van der Waals surface area contributed by atoms with E-state index in [9.17, 15) is 4.79 Å². The van der Waals surface area contributed by atoms with Gasteiger partial charge < -0.3 is 11.1 Å². The number of thioether (sulfide) groups is 1. The molecule has 0 bridgehead atoms. The van der Waals surface area contributed by atoms with E-state index in [-0.39, 0.29) is 6.03 Å². The summed E-state index contributed by atoms with van der Waals surface area (Å²) >= 11 is 1.70. The zero-order chi connectivity index (χ0) is 7.19. The van der Waals surface area contributed by atoms with Crippen LogP contribution < -0.4 is 11.1 Å². The highest BCUT2D eigenvalue weighted by Crippen LogP contribution is 2.24. The Kier molecular flexibility index (Phi) is 1.07. The second-order valence-corrected chi connectivity index (χ2v) is 3.44. The van der Waals surface area contributed by atoms with Gasteiger partial charge in [0.15, 0.2) is 0 Å². The molecule has 4 nitrogen and oxygen atoms in total. The van der Waals surface area contributed by atoms with E-state index in [1.807, 2.05) is 0 Å². The number of hydrogen-bond donors (Lipinski definition) is 2. The SMILES string of the molecule is N[C@]12CSCC1=NC(=O)N2. The molecule has 1 atom stereocenters. The highest BCUT2D eigenvalue weighted by Gasteiger charge is 2.42. The van der Waals surface area contributed by atoms with Crippen LogP contribution in [-0.2, 0) is 0 Å². The van der Waals surface area contributed by atoms with E-state index in [1.165, 1.54) is 0 Å². The number of nitrogens with zero attached hydrogens (tertiary/aromatic N) is 1. The highest BCUT2D eigenvalue weighted by molar-refractivity contribution is 8.00. The standard InChI is InChI=1S/C5H7N3OS/c6-5-2-10-1-3(5)7-4(9)8-5/h1-2,6H2,(H,8,9)/t5-/m0/s1. The number of nitrogens with two attached hydrogens (primary N) is 1. The van der Waals surface area contributed by atoms with E-state index < -0.39 is 5.66 Å². The maximum atomic E-state index is 10.7. The summed E-state index contributed by atoms with van der Waals surface area (Å²) in [4.78, 5) is 14.4. The van der Waals surface area contributed by atoms with E-state index in [2.05, 4.69) is 10.3 Å². The number of carbonyl (C=O) groups is 1. The van der Waals surface area contributed by atoms with Gasteiger partial charge in [0, 0.05) is 11.5 Å². The number of nitrogens with one attached hydrogen (secondary N) is 1. The summed E-state index contributed by atoms with van der Waals surface area (Å²) < 4.78 is 0. The van der Waals surface area contributed by atoms with Crippen molar-refractivity contribution in [3.05, 3.63) is 0 Å². The molecule has 5 heteroatoms. The quantitative estimate of drug-likeness (QED) is 0.500. The summed E-state index contributed by atoms with van der Waals surface area (Å²) in [5.74, 6) is 1.53.